The van der Waals surface area contributed by atoms with Crippen LogP contribution in [0.4, 0.5) is 0 Å². The Morgan fingerprint density at radius 3 is 2.35 bits per heavy atom. The molecule has 13 atom stereocenters. The Kier molecular flexibility index (Phi) is 8.39. The Balaban J connectivity index is 1.45. The highest BCUT2D eigenvalue weighted by Gasteiger charge is 2.65. The molecular weight excluding hydrogens is 470 g/mol. The molecule has 212 valence electrons. The predicted octanol–water partition coefficient (Wildman–Crippen LogP) is 3.98. The first kappa shape index (κ1) is 28.8. The molecule has 0 spiro atoms. The molecule has 0 aliphatic heterocycles. The van der Waals surface area contributed by atoms with Gasteiger partial charge in [0.25, 0.3) is 0 Å². The average Bonchev–Trinajstić information content (AvgIpc) is 3.20. The Labute approximate surface area is 222 Å². The zero-order chi connectivity index (χ0) is 27.3. The molecule has 0 radical (unpaired) electrons. The Morgan fingerprint density at radius 1 is 1.00 bits per heavy atom. The first-order chi connectivity index (χ1) is 17.3. The van der Waals surface area contributed by atoms with Crippen LogP contribution in [-0.4, -0.2) is 56.7 Å². The fourth-order valence-electron chi connectivity index (χ4n) is 9.62. The van der Waals surface area contributed by atoms with Crippen molar-refractivity contribution in [2.75, 3.05) is 0 Å². The van der Waals surface area contributed by atoms with E-state index in [4.69, 9.17) is 0 Å². The van der Waals surface area contributed by atoms with Crippen molar-refractivity contribution in [1.29, 1.82) is 0 Å². The minimum atomic E-state index is -0.990. The van der Waals surface area contributed by atoms with Crippen molar-refractivity contribution < 1.29 is 30.0 Å². The lowest BCUT2D eigenvalue weighted by molar-refractivity contribution is -0.207. The number of carboxylic acids is 1. The van der Waals surface area contributed by atoms with Crippen LogP contribution in [0.3, 0.4) is 0 Å². The summed E-state index contributed by atoms with van der Waals surface area (Å²) < 4.78 is 0. The molecule has 4 aliphatic carbocycles. The van der Waals surface area contributed by atoms with Gasteiger partial charge in [0.15, 0.2) is 0 Å². The molecule has 1 amide bonds. The highest BCUT2D eigenvalue weighted by molar-refractivity contribution is 5.83. The van der Waals surface area contributed by atoms with E-state index in [0.717, 1.165) is 38.5 Å². The molecule has 37 heavy (non-hydrogen) atoms. The van der Waals surface area contributed by atoms with Crippen molar-refractivity contribution in [3.63, 3.8) is 0 Å². The molecule has 0 bridgehead atoms. The van der Waals surface area contributed by atoms with E-state index in [-0.39, 0.29) is 64.8 Å². The molecule has 0 aromatic rings. The number of amides is 1. The second kappa shape index (κ2) is 10.8. The normalized spacial score (nSPS) is 45.6. The molecule has 5 N–H and O–H groups in total. The van der Waals surface area contributed by atoms with Gasteiger partial charge in [0.05, 0.1) is 18.3 Å². The van der Waals surface area contributed by atoms with Gasteiger partial charge in [0.1, 0.15) is 6.04 Å². The zero-order valence-corrected chi connectivity index (χ0v) is 23.5. The Morgan fingerprint density at radius 2 is 1.70 bits per heavy atom. The van der Waals surface area contributed by atoms with Gasteiger partial charge in [-0.15, -0.1) is 0 Å². The minimum absolute atomic E-state index is 0.0591. The third-order valence-electron chi connectivity index (χ3n) is 12.1. The highest BCUT2D eigenvalue weighted by Crippen LogP contribution is 2.68. The summed E-state index contributed by atoms with van der Waals surface area (Å²) in [5.41, 5.74) is -0.237. The topological polar surface area (TPSA) is 127 Å². The molecule has 4 aliphatic rings. The number of carboxylic acid groups (broad SMARTS) is 1. The number of fused-ring (bicyclic) bond motifs is 5. The number of hydrogen-bond acceptors (Lipinski definition) is 5. The second-order valence-electron chi connectivity index (χ2n) is 13.8. The third kappa shape index (κ3) is 4.98. The number of aliphatic carboxylic acids is 1. The molecule has 7 nitrogen and oxygen atoms in total. The first-order valence-electron chi connectivity index (χ1n) is 14.9. The standard InChI is InChI=1S/C30H51NO6/c1-6-16(2)27(28(36)37)31-25(35)10-7-17(3)20-8-9-21-26-22(15-24(34)30(20,21)5)29(4)12-11-19(32)13-18(29)14-23(26)33/h16-24,26-27,32-34H,6-15H2,1-5H3,(H,31,35)(H,36,37)/t16?,17-,18+,19-,20-,21+,22+,23-,24+,26+,27+,29+,30-/m1/s1. The molecule has 7 heteroatoms. The van der Waals surface area contributed by atoms with Crippen molar-refractivity contribution in [3.05, 3.63) is 0 Å². The van der Waals surface area contributed by atoms with Crippen LogP contribution in [0.5, 0.6) is 0 Å². The predicted molar refractivity (Wildman–Crippen MR) is 141 cm³/mol. The summed E-state index contributed by atoms with van der Waals surface area (Å²) in [6.07, 6.45) is 6.48. The van der Waals surface area contributed by atoms with Crippen molar-refractivity contribution in [2.45, 2.75) is 123 Å². The van der Waals surface area contributed by atoms with Crippen LogP contribution in [0.25, 0.3) is 0 Å². The van der Waals surface area contributed by atoms with Gasteiger partial charge in [-0.05, 0) is 104 Å². The van der Waals surface area contributed by atoms with Gasteiger partial charge in [0.2, 0.25) is 5.91 Å². The molecule has 4 rings (SSSR count). The minimum Gasteiger partial charge on any atom is -0.480 e. The lowest BCUT2D eigenvalue weighted by Gasteiger charge is -2.63. The SMILES string of the molecule is CCC(C)[C@H](NC(=O)CC[C@@H](C)[C@H]1CC[C@H]2[C@@H]3[C@H](O)C[C@@H]4C[C@H](O)CC[C@]4(C)[C@H]3C[C@H](O)[C@]12C)C(=O)O. The quantitative estimate of drug-likeness (QED) is 0.329. The smallest absolute Gasteiger partial charge is 0.326 e. The third-order valence-corrected chi connectivity index (χ3v) is 12.1. The summed E-state index contributed by atoms with van der Waals surface area (Å²) in [5.74, 6) is 0.153. The van der Waals surface area contributed by atoms with Gasteiger partial charge >= 0.3 is 5.97 Å². The molecule has 0 saturated heterocycles. The Bertz CT molecular complexity index is 850. The van der Waals surface area contributed by atoms with Crippen molar-refractivity contribution in [3.8, 4) is 0 Å². The molecule has 0 aromatic carbocycles. The van der Waals surface area contributed by atoms with Gasteiger partial charge in [0, 0.05) is 6.42 Å². The number of rotatable bonds is 8. The average molecular weight is 522 g/mol. The van der Waals surface area contributed by atoms with E-state index in [9.17, 15) is 30.0 Å². The molecule has 4 saturated carbocycles. The van der Waals surface area contributed by atoms with E-state index >= 15 is 0 Å². The van der Waals surface area contributed by atoms with E-state index in [1.54, 1.807) is 0 Å². The van der Waals surface area contributed by atoms with Crippen molar-refractivity contribution >= 4 is 11.9 Å². The molecule has 0 heterocycles. The summed E-state index contributed by atoms with van der Waals surface area (Å²) in [4.78, 5) is 24.3. The van der Waals surface area contributed by atoms with Crippen LogP contribution in [0.15, 0.2) is 0 Å². The van der Waals surface area contributed by atoms with Crippen LogP contribution in [0, 0.1) is 52.3 Å². The number of hydrogen-bond donors (Lipinski definition) is 5. The summed E-state index contributed by atoms with van der Waals surface area (Å²) in [6, 6.07) is -0.864. The highest BCUT2D eigenvalue weighted by atomic mass is 16.4. The Hall–Kier alpha value is -1.18. The van der Waals surface area contributed by atoms with Gasteiger partial charge in [-0.2, -0.15) is 0 Å². The maximum absolute atomic E-state index is 12.7. The zero-order valence-electron chi connectivity index (χ0n) is 23.5. The van der Waals surface area contributed by atoms with Crippen LogP contribution < -0.4 is 5.32 Å². The maximum Gasteiger partial charge on any atom is 0.326 e. The molecule has 4 fully saturated rings. The summed E-state index contributed by atoms with van der Waals surface area (Å²) in [6.45, 7) is 10.5. The van der Waals surface area contributed by atoms with E-state index < -0.39 is 24.2 Å². The van der Waals surface area contributed by atoms with Crippen molar-refractivity contribution in [2.24, 2.45) is 52.3 Å². The largest absolute Gasteiger partial charge is 0.480 e. The van der Waals surface area contributed by atoms with Crippen LogP contribution in [0.2, 0.25) is 0 Å². The van der Waals surface area contributed by atoms with E-state index in [0.29, 0.717) is 25.2 Å². The van der Waals surface area contributed by atoms with Gasteiger partial charge < -0.3 is 25.7 Å². The summed E-state index contributed by atoms with van der Waals surface area (Å²) in [7, 11) is 0. The van der Waals surface area contributed by atoms with Crippen molar-refractivity contribution in [1.82, 2.24) is 5.32 Å². The number of carbonyl (C=O) groups is 2. The number of aliphatic hydroxyl groups is 3. The van der Waals surface area contributed by atoms with Crippen LogP contribution >= 0.6 is 0 Å². The summed E-state index contributed by atoms with van der Waals surface area (Å²) >= 11 is 0. The van der Waals surface area contributed by atoms with E-state index in [1.165, 1.54) is 0 Å². The number of aliphatic hydroxyl groups excluding tert-OH is 3. The molecular formula is C30H51NO6. The fraction of sp³-hybridized carbons (Fsp3) is 0.933. The van der Waals surface area contributed by atoms with Gasteiger partial charge in [-0.25, -0.2) is 4.79 Å². The van der Waals surface area contributed by atoms with Crippen LogP contribution in [-0.2, 0) is 9.59 Å². The number of carbonyl (C=O) groups excluding carboxylic acids is 1. The van der Waals surface area contributed by atoms with Gasteiger partial charge in [-0.1, -0.05) is 41.0 Å². The van der Waals surface area contributed by atoms with Crippen LogP contribution in [0.1, 0.15) is 98.8 Å². The lowest BCUT2D eigenvalue weighted by atomic mass is 9.43. The van der Waals surface area contributed by atoms with E-state index in [1.807, 2.05) is 13.8 Å². The second-order valence-corrected chi connectivity index (χ2v) is 13.8. The molecule has 1 unspecified atom stereocenters. The maximum atomic E-state index is 12.7. The lowest BCUT2D eigenvalue weighted by Crippen LogP contribution is -2.62. The first-order valence-corrected chi connectivity index (χ1v) is 14.9. The summed E-state index contributed by atoms with van der Waals surface area (Å²) in [5, 5.41) is 45.7. The molecule has 0 aromatic heterocycles. The van der Waals surface area contributed by atoms with E-state index in [2.05, 4.69) is 26.1 Å². The monoisotopic (exact) mass is 521 g/mol. The van der Waals surface area contributed by atoms with Gasteiger partial charge in [-0.3, -0.25) is 4.79 Å². The number of nitrogens with one attached hydrogen (secondary N) is 1. The fourth-order valence-corrected chi connectivity index (χ4v) is 9.62.